The van der Waals surface area contributed by atoms with Crippen molar-refractivity contribution in [1.29, 1.82) is 0 Å². The summed E-state index contributed by atoms with van der Waals surface area (Å²) in [4.78, 5) is 18.5. The van der Waals surface area contributed by atoms with Crippen LogP contribution in [-0.2, 0) is 11.3 Å². The van der Waals surface area contributed by atoms with E-state index in [1.165, 1.54) is 7.11 Å². The lowest BCUT2D eigenvalue weighted by Gasteiger charge is -2.21. The second kappa shape index (κ2) is 5.84. The third-order valence-electron chi connectivity index (χ3n) is 4.08. The second-order valence-electron chi connectivity index (χ2n) is 5.48. The summed E-state index contributed by atoms with van der Waals surface area (Å²) in [5.74, 6) is 1.04. The van der Waals surface area contributed by atoms with E-state index < -0.39 is 5.97 Å². The predicted molar refractivity (Wildman–Crippen MR) is 87.3 cm³/mol. The van der Waals surface area contributed by atoms with Crippen molar-refractivity contribution in [2.75, 3.05) is 25.2 Å². The minimum absolute atomic E-state index is 0.392. The molecule has 0 radical (unpaired) electrons. The average Bonchev–Trinajstić information content (AvgIpc) is 2.99. The average molecular weight is 324 g/mol. The van der Waals surface area contributed by atoms with Crippen LogP contribution in [0.4, 0.5) is 5.82 Å². The molecular weight excluding hydrogens is 308 g/mol. The number of fused-ring (bicyclic) bond motifs is 2. The fourth-order valence-corrected chi connectivity index (χ4v) is 2.97. The molecule has 7 nitrogen and oxygen atoms in total. The van der Waals surface area contributed by atoms with Crippen molar-refractivity contribution in [3.8, 4) is 5.75 Å². The van der Waals surface area contributed by atoms with Gasteiger partial charge in [-0.3, -0.25) is 0 Å². The molecule has 0 amide bonds. The Kier molecular flexibility index (Phi) is 3.53. The van der Waals surface area contributed by atoms with Crippen molar-refractivity contribution < 1.29 is 14.3 Å². The number of benzene rings is 1. The molecule has 0 saturated carbocycles. The Labute approximate surface area is 138 Å². The van der Waals surface area contributed by atoms with E-state index >= 15 is 0 Å². The second-order valence-corrected chi connectivity index (χ2v) is 5.48. The number of carbonyl (C=O) groups is 1. The maximum absolute atomic E-state index is 11.9. The van der Waals surface area contributed by atoms with Gasteiger partial charge < -0.3 is 14.4 Å². The monoisotopic (exact) mass is 324 g/mol. The fourth-order valence-electron chi connectivity index (χ4n) is 2.97. The van der Waals surface area contributed by atoms with Crippen molar-refractivity contribution in [3.05, 3.63) is 54.0 Å². The van der Waals surface area contributed by atoms with Crippen LogP contribution in [0.1, 0.15) is 15.9 Å². The Morgan fingerprint density at radius 2 is 2.21 bits per heavy atom. The van der Waals surface area contributed by atoms with Gasteiger partial charge in [0.2, 0.25) is 0 Å². The molecule has 2 aromatic heterocycles. The minimum atomic E-state index is -0.392. The van der Waals surface area contributed by atoms with Crippen LogP contribution in [0.5, 0.6) is 5.75 Å². The SMILES string of the molecule is COC(=O)c1cccc2c1OCCN(c1ncnn3cccc13)C2. The summed E-state index contributed by atoms with van der Waals surface area (Å²) in [6.07, 6.45) is 3.43. The van der Waals surface area contributed by atoms with Gasteiger partial charge in [-0.05, 0) is 18.2 Å². The van der Waals surface area contributed by atoms with Gasteiger partial charge in [0.15, 0.2) is 5.82 Å². The highest BCUT2D eigenvalue weighted by Crippen LogP contribution is 2.30. The lowest BCUT2D eigenvalue weighted by molar-refractivity contribution is 0.0596. The van der Waals surface area contributed by atoms with Gasteiger partial charge in [0, 0.05) is 18.3 Å². The normalized spacial score (nSPS) is 14.0. The van der Waals surface area contributed by atoms with Crippen molar-refractivity contribution in [1.82, 2.24) is 14.6 Å². The number of anilines is 1. The summed E-state index contributed by atoms with van der Waals surface area (Å²) in [6.45, 7) is 1.71. The smallest absolute Gasteiger partial charge is 0.341 e. The van der Waals surface area contributed by atoms with Crippen LogP contribution in [0, 0.1) is 0 Å². The Morgan fingerprint density at radius 3 is 3.08 bits per heavy atom. The first kappa shape index (κ1) is 14.5. The Morgan fingerprint density at radius 1 is 1.29 bits per heavy atom. The zero-order valence-corrected chi connectivity index (χ0v) is 13.2. The highest BCUT2D eigenvalue weighted by molar-refractivity contribution is 5.93. The first-order chi connectivity index (χ1) is 11.8. The maximum Gasteiger partial charge on any atom is 0.341 e. The van der Waals surface area contributed by atoms with Crippen LogP contribution in [0.15, 0.2) is 42.9 Å². The number of esters is 1. The molecule has 0 saturated heterocycles. The van der Waals surface area contributed by atoms with E-state index in [4.69, 9.17) is 9.47 Å². The van der Waals surface area contributed by atoms with Gasteiger partial charge in [0.1, 0.15) is 29.8 Å². The maximum atomic E-state index is 11.9. The number of carbonyl (C=O) groups excluding carboxylic acids is 1. The van der Waals surface area contributed by atoms with Crippen LogP contribution in [0.25, 0.3) is 5.52 Å². The van der Waals surface area contributed by atoms with Gasteiger partial charge in [0.25, 0.3) is 0 Å². The highest BCUT2D eigenvalue weighted by Gasteiger charge is 2.23. The number of rotatable bonds is 2. The van der Waals surface area contributed by atoms with Crippen molar-refractivity contribution in [2.24, 2.45) is 0 Å². The third-order valence-corrected chi connectivity index (χ3v) is 4.08. The Hall–Kier alpha value is -3.09. The van der Waals surface area contributed by atoms with Crippen LogP contribution in [0.2, 0.25) is 0 Å². The predicted octanol–water partition coefficient (Wildman–Crippen LogP) is 1.91. The van der Waals surface area contributed by atoms with Crippen molar-refractivity contribution >= 4 is 17.3 Å². The number of hydrogen-bond donors (Lipinski definition) is 0. The zero-order valence-electron chi connectivity index (χ0n) is 13.2. The van der Waals surface area contributed by atoms with E-state index in [1.807, 2.05) is 30.5 Å². The highest BCUT2D eigenvalue weighted by atomic mass is 16.5. The molecule has 1 aromatic carbocycles. The number of para-hydroxylation sites is 1. The molecule has 4 rings (SSSR count). The molecule has 7 heteroatoms. The number of aromatic nitrogens is 3. The van der Waals surface area contributed by atoms with Crippen molar-refractivity contribution in [3.63, 3.8) is 0 Å². The summed E-state index contributed by atoms with van der Waals surface area (Å²) in [7, 11) is 1.37. The van der Waals surface area contributed by atoms with Crippen LogP contribution >= 0.6 is 0 Å². The van der Waals surface area contributed by atoms with Crippen LogP contribution in [0.3, 0.4) is 0 Å². The van der Waals surface area contributed by atoms with Crippen LogP contribution < -0.4 is 9.64 Å². The van der Waals surface area contributed by atoms with Gasteiger partial charge in [-0.2, -0.15) is 5.10 Å². The topological polar surface area (TPSA) is 69.0 Å². The van der Waals surface area contributed by atoms with Gasteiger partial charge in [-0.15, -0.1) is 0 Å². The van der Waals surface area contributed by atoms with E-state index in [9.17, 15) is 4.79 Å². The quantitative estimate of drug-likeness (QED) is 0.671. The molecule has 0 atom stereocenters. The van der Waals surface area contributed by atoms with E-state index in [-0.39, 0.29) is 0 Å². The van der Waals surface area contributed by atoms with Crippen molar-refractivity contribution in [2.45, 2.75) is 6.54 Å². The molecule has 0 aliphatic carbocycles. The third kappa shape index (κ3) is 2.34. The molecule has 3 aromatic rings. The molecule has 0 bridgehead atoms. The molecular formula is C17H16N4O3. The Balaban J connectivity index is 1.75. The lowest BCUT2D eigenvalue weighted by atomic mass is 10.1. The largest absolute Gasteiger partial charge is 0.490 e. The molecule has 0 unspecified atom stereocenters. The minimum Gasteiger partial charge on any atom is -0.490 e. The summed E-state index contributed by atoms with van der Waals surface area (Å²) < 4.78 is 12.5. The van der Waals surface area contributed by atoms with Gasteiger partial charge in [-0.25, -0.2) is 14.3 Å². The molecule has 1 aliphatic rings. The first-order valence-electron chi connectivity index (χ1n) is 7.64. The van der Waals surface area contributed by atoms with Gasteiger partial charge in [0.05, 0.1) is 13.7 Å². The van der Waals surface area contributed by atoms with E-state index in [2.05, 4.69) is 15.0 Å². The van der Waals surface area contributed by atoms with E-state index in [0.29, 0.717) is 31.0 Å². The molecule has 1 aliphatic heterocycles. The molecule has 122 valence electrons. The number of ether oxygens (including phenoxy) is 2. The Bertz CT molecular complexity index is 906. The standard InChI is InChI=1S/C17H16N4O3/c1-23-17(22)13-5-2-4-12-10-20(8-9-24-15(12)13)16-14-6-3-7-21(14)19-11-18-16/h2-7,11H,8-10H2,1H3. The molecule has 0 spiro atoms. The fraction of sp³-hybridized carbons (Fsp3) is 0.235. The van der Waals surface area contributed by atoms with Gasteiger partial charge >= 0.3 is 5.97 Å². The summed E-state index contributed by atoms with van der Waals surface area (Å²) in [5.41, 5.74) is 2.32. The molecule has 24 heavy (non-hydrogen) atoms. The first-order valence-corrected chi connectivity index (χ1v) is 7.64. The van der Waals surface area contributed by atoms with Gasteiger partial charge in [-0.1, -0.05) is 12.1 Å². The number of methoxy groups -OCH3 is 1. The summed E-state index contributed by atoms with van der Waals surface area (Å²) in [5, 5.41) is 4.20. The molecule has 0 fully saturated rings. The van der Waals surface area contributed by atoms with E-state index in [0.717, 1.165) is 16.9 Å². The number of hydrogen-bond acceptors (Lipinski definition) is 6. The molecule has 3 heterocycles. The van der Waals surface area contributed by atoms with E-state index in [1.54, 1.807) is 16.9 Å². The lowest BCUT2D eigenvalue weighted by Crippen LogP contribution is -2.26. The summed E-state index contributed by atoms with van der Waals surface area (Å²) >= 11 is 0. The van der Waals surface area contributed by atoms with Crippen LogP contribution in [-0.4, -0.2) is 40.8 Å². The summed E-state index contributed by atoms with van der Waals surface area (Å²) in [6, 6.07) is 9.43. The molecule has 0 N–H and O–H groups in total. The number of nitrogens with zero attached hydrogens (tertiary/aromatic N) is 4. The zero-order chi connectivity index (χ0) is 16.5.